The number of anilines is 1. The van der Waals surface area contributed by atoms with E-state index in [0.29, 0.717) is 16.9 Å². The van der Waals surface area contributed by atoms with Crippen LogP contribution < -0.4 is 20.8 Å². The second kappa shape index (κ2) is 8.51. The van der Waals surface area contributed by atoms with Gasteiger partial charge < -0.3 is 20.2 Å². The highest BCUT2D eigenvalue weighted by molar-refractivity contribution is 5.80. The summed E-state index contributed by atoms with van der Waals surface area (Å²) in [5.41, 5.74) is 5.89. The second-order valence-electron chi connectivity index (χ2n) is 6.22. The molecule has 0 aliphatic rings. The van der Waals surface area contributed by atoms with Crippen molar-refractivity contribution in [2.24, 2.45) is 0 Å². The summed E-state index contributed by atoms with van der Waals surface area (Å²) < 4.78 is 46.0. The van der Waals surface area contributed by atoms with Crippen LogP contribution >= 0.6 is 0 Å². The number of H-pyrrole nitrogens is 1. The Bertz CT molecular complexity index is 1250. The van der Waals surface area contributed by atoms with E-state index in [2.05, 4.69) is 9.72 Å². The lowest BCUT2D eigenvalue weighted by atomic mass is 9.95. The molecule has 0 fully saturated rings. The van der Waals surface area contributed by atoms with E-state index >= 15 is 0 Å². The van der Waals surface area contributed by atoms with Crippen LogP contribution in [0.1, 0.15) is 16.7 Å². The molecule has 0 atom stereocenters. The highest BCUT2D eigenvalue weighted by Gasteiger charge is 2.31. The highest BCUT2D eigenvalue weighted by Crippen LogP contribution is 2.29. The van der Waals surface area contributed by atoms with E-state index in [9.17, 15) is 28.5 Å². The Morgan fingerprint density at radius 3 is 2.26 bits per heavy atom. The molecule has 156 valence electrons. The zero-order valence-electron chi connectivity index (χ0n) is 15.7. The number of nitrogens with two attached hydrogens (primary N) is 1. The van der Waals surface area contributed by atoms with Crippen molar-refractivity contribution in [3.8, 4) is 34.8 Å². The molecular weight excluding hydrogens is 413 g/mol. The molecule has 0 unspecified atom stereocenters. The number of hydrogen-bond donors (Lipinski definition) is 2. The van der Waals surface area contributed by atoms with Gasteiger partial charge in [0, 0.05) is 5.56 Å². The molecule has 3 rings (SSSR count). The Balaban J connectivity index is 1.85. The molecule has 0 radical (unpaired) electrons. The minimum absolute atomic E-state index is 0.0329. The largest absolute Gasteiger partial charge is 0.573 e. The number of alkyl halides is 3. The molecule has 0 saturated carbocycles. The Hall–Kier alpha value is -4.44. The van der Waals surface area contributed by atoms with E-state index in [1.54, 1.807) is 30.3 Å². The van der Waals surface area contributed by atoms with Crippen LogP contribution in [-0.2, 0) is 6.61 Å². The van der Waals surface area contributed by atoms with Crippen molar-refractivity contribution in [3.05, 3.63) is 75.6 Å². The average molecular weight is 426 g/mol. The van der Waals surface area contributed by atoms with E-state index in [1.165, 1.54) is 12.1 Å². The van der Waals surface area contributed by atoms with Crippen LogP contribution in [0.5, 0.6) is 11.5 Å². The number of nitrogen functional groups attached to an aromatic ring is 1. The number of rotatable bonds is 5. The summed E-state index contributed by atoms with van der Waals surface area (Å²) >= 11 is 0. The molecule has 0 aliphatic carbocycles. The first kappa shape index (κ1) is 21.3. The van der Waals surface area contributed by atoms with Gasteiger partial charge in [-0.25, -0.2) is 0 Å². The van der Waals surface area contributed by atoms with Crippen molar-refractivity contribution >= 4 is 5.82 Å². The average Bonchev–Trinajstić information content (AvgIpc) is 2.72. The first-order chi connectivity index (χ1) is 14.7. The van der Waals surface area contributed by atoms with Gasteiger partial charge in [-0.15, -0.1) is 13.2 Å². The summed E-state index contributed by atoms with van der Waals surface area (Å²) in [5.74, 6) is -0.220. The number of aromatic amines is 1. The maximum atomic E-state index is 12.2. The van der Waals surface area contributed by atoms with Crippen LogP contribution in [0, 0.1) is 22.7 Å². The van der Waals surface area contributed by atoms with Gasteiger partial charge in [-0.1, -0.05) is 18.2 Å². The van der Waals surface area contributed by atoms with E-state index < -0.39 is 11.9 Å². The Morgan fingerprint density at radius 1 is 1.00 bits per heavy atom. The predicted molar refractivity (Wildman–Crippen MR) is 104 cm³/mol. The van der Waals surface area contributed by atoms with Crippen LogP contribution in [0.3, 0.4) is 0 Å². The Labute approximate surface area is 173 Å². The van der Waals surface area contributed by atoms with Gasteiger partial charge in [0.2, 0.25) is 0 Å². The first-order valence-electron chi connectivity index (χ1n) is 8.65. The zero-order valence-corrected chi connectivity index (χ0v) is 15.7. The first-order valence-corrected chi connectivity index (χ1v) is 8.65. The molecule has 0 saturated heterocycles. The minimum atomic E-state index is -4.78. The van der Waals surface area contributed by atoms with Crippen molar-refractivity contribution in [2.45, 2.75) is 13.0 Å². The lowest BCUT2D eigenvalue weighted by Gasteiger charge is -2.12. The van der Waals surface area contributed by atoms with Gasteiger partial charge in [-0.2, -0.15) is 10.5 Å². The third kappa shape index (κ3) is 4.95. The predicted octanol–water partition coefficient (Wildman–Crippen LogP) is 3.85. The Morgan fingerprint density at radius 2 is 1.65 bits per heavy atom. The molecule has 10 heteroatoms. The van der Waals surface area contributed by atoms with Crippen LogP contribution in [0.25, 0.3) is 11.1 Å². The number of nitrogens with zero attached hydrogens (tertiary/aromatic N) is 2. The van der Waals surface area contributed by atoms with Crippen molar-refractivity contribution in [2.75, 3.05) is 5.73 Å². The number of ether oxygens (including phenoxy) is 2. The molecule has 3 N–H and O–H groups in total. The number of nitriles is 2. The summed E-state index contributed by atoms with van der Waals surface area (Å²) in [4.78, 5) is 14.3. The van der Waals surface area contributed by atoms with Crippen molar-refractivity contribution < 1.29 is 22.6 Å². The van der Waals surface area contributed by atoms with Crippen molar-refractivity contribution in [3.63, 3.8) is 0 Å². The highest BCUT2D eigenvalue weighted by atomic mass is 19.4. The summed E-state index contributed by atoms with van der Waals surface area (Å²) in [6.45, 7) is 0.0375. The monoisotopic (exact) mass is 426 g/mol. The molecule has 1 aromatic heterocycles. The van der Waals surface area contributed by atoms with E-state index in [0.717, 1.165) is 12.1 Å². The smallest absolute Gasteiger partial charge is 0.489 e. The number of aromatic nitrogens is 1. The summed E-state index contributed by atoms with van der Waals surface area (Å²) in [6, 6.07) is 15.2. The molecule has 0 aliphatic heterocycles. The van der Waals surface area contributed by atoms with Gasteiger partial charge in [-0.3, -0.25) is 4.79 Å². The fraction of sp³-hybridized carbons (Fsp3) is 0.0952. The van der Waals surface area contributed by atoms with E-state index in [-0.39, 0.29) is 34.9 Å². The van der Waals surface area contributed by atoms with Crippen LogP contribution in [0.2, 0.25) is 0 Å². The van der Waals surface area contributed by atoms with E-state index in [1.807, 2.05) is 6.07 Å². The minimum Gasteiger partial charge on any atom is -0.489 e. The van der Waals surface area contributed by atoms with Gasteiger partial charge in [0.1, 0.15) is 47.2 Å². The third-order valence-electron chi connectivity index (χ3n) is 4.15. The molecule has 0 spiro atoms. The molecule has 31 heavy (non-hydrogen) atoms. The normalized spacial score (nSPS) is 10.7. The number of halogens is 3. The van der Waals surface area contributed by atoms with Crippen molar-refractivity contribution in [1.82, 2.24) is 4.98 Å². The molecular formula is C21H13F3N4O3. The van der Waals surface area contributed by atoms with Gasteiger partial charge >= 0.3 is 6.36 Å². The molecule has 0 bridgehead atoms. The standard InChI is InChI=1S/C21H13F3N4O3/c22-21(23,24)31-15-6-4-14(5-7-15)30-11-12-2-1-3-13(8-12)18-16(9-25)19(27)28-20(29)17(18)10-26/h1-8H,11H2,(H3,27,28,29). The fourth-order valence-corrected chi connectivity index (χ4v) is 2.85. The number of benzene rings is 2. The number of nitrogens with one attached hydrogen (secondary N) is 1. The maximum absolute atomic E-state index is 12.2. The van der Waals surface area contributed by atoms with Crippen molar-refractivity contribution in [1.29, 1.82) is 10.5 Å². The third-order valence-corrected chi connectivity index (χ3v) is 4.15. The van der Waals surface area contributed by atoms with Gasteiger partial charge in [-0.05, 0) is 41.5 Å². The molecule has 0 amide bonds. The maximum Gasteiger partial charge on any atom is 0.573 e. The topological polar surface area (TPSA) is 125 Å². The fourth-order valence-electron chi connectivity index (χ4n) is 2.85. The zero-order chi connectivity index (χ0) is 22.6. The summed E-state index contributed by atoms with van der Waals surface area (Å²) in [7, 11) is 0. The quantitative estimate of drug-likeness (QED) is 0.639. The summed E-state index contributed by atoms with van der Waals surface area (Å²) in [5, 5.41) is 18.8. The lowest BCUT2D eigenvalue weighted by molar-refractivity contribution is -0.274. The Kier molecular flexibility index (Phi) is 5.84. The van der Waals surface area contributed by atoms with Crippen LogP contribution in [0.4, 0.5) is 19.0 Å². The van der Waals surface area contributed by atoms with E-state index in [4.69, 9.17) is 10.5 Å². The van der Waals surface area contributed by atoms with Gasteiger partial charge in [0.05, 0.1) is 0 Å². The van der Waals surface area contributed by atoms with Gasteiger partial charge in [0.15, 0.2) is 0 Å². The lowest BCUT2D eigenvalue weighted by Crippen LogP contribution is -2.16. The van der Waals surface area contributed by atoms with Gasteiger partial charge in [0.25, 0.3) is 5.56 Å². The SMILES string of the molecule is N#Cc1c(N)[nH]c(=O)c(C#N)c1-c1cccc(COc2ccc(OC(F)(F)F)cc2)c1. The summed E-state index contributed by atoms with van der Waals surface area (Å²) in [6.07, 6.45) is -4.78. The number of hydrogen-bond acceptors (Lipinski definition) is 6. The van der Waals surface area contributed by atoms with Crippen LogP contribution in [-0.4, -0.2) is 11.3 Å². The molecule has 7 nitrogen and oxygen atoms in total. The second-order valence-corrected chi connectivity index (χ2v) is 6.22. The molecule has 2 aromatic carbocycles. The number of pyridine rings is 1. The molecule has 1 heterocycles. The van der Waals surface area contributed by atoms with Crippen LogP contribution in [0.15, 0.2) is 53.3 Å². The molecule has 3 aromatic rings.